The Bertz CT molecular complexity index is 28.9. The van der Waals surface area contributed by atoms with E-state index >= 15 is 0 Å². The van der Waals surface area contributed by atoms with Crippen LogP contribution in [0.15, 0.2) is 0 Å². The number of aliphatic hydroxyl groups excluding tert-OH is 1. The van der Waals surface area contributed by atoms with Gasteiger partial charge in [0.05, 0.1) is 6.10 Å². The average molecular weight is 119 g/mol. The Kier molecular flexibility index (Phi) is 10.7. The minimum absolute atomic E-state index is 0. The Balaban J connectivity index is -0.0000000800. The van der Waals surface area contributed by atoms with Gasteiger partial charge in [-0.3, -0.25) is 0 Å². The summed E-state index contributed by atoms with van der Waals surface area (Å²) in [4.78, 5) is 0. The van der Waals surface area contributed by atoms with Crippen molar-refractivity contribution in [3.8, 4) is 0 Å². The molecule has 1 nitrogen and oxygen atoms in total. The van der Waals surface area contributed by atoms with Crippen LogP contribution in [-0.2, 0) is 0 Å². The molecule has 0 radical (unpaired) electrons. The van der Waals surface area contributed by atoms with E-state index in [0.717, 1.165) is 0 Å². The normalized spacial score (nSPS) is 12.5. The number of hydrogen-bond acceptors (Lipinski definition) is 1. The molecule has 0 aromatic carbocycles. The maximum atomic E-state index is 8.23. The fourth-order valence-electron chi connectivity index (χ4n) is 0. The van der Waals surface area contributed by atoms with E-state index in [1.165, 1.54) is 0 Å². The minimum atomic E-state index is -0.350. The first-order chi connectivity index (χ1) is 2.27. The van der Waals surface area contributed by atoms with Crippen LogP contribution in [0.1, 0.15) is 8.35 Å². The molecule has 1 atom stereocenters. The van der Waals surface area contributed by atoms with Gasteiger partial charge in [-0.2, -0.15) is 0 Å². The molecule has 6 heavy (non-hydrogen) atoms. The molecule has 0 saturated heterocycles. The number of hydrogen-bond donors (Lipinski definition) is 1. The monoisotopic (exact) mass is 118 g/mol. The summed E-state index contributed by atoms with van der Waals surface area (Å²) in [6.45, 7) is 1.65. The molecule has 0 aromatic heterocycles. The zero-order valence-corrected chi connectivity index (χ0v) is 6.87. The molecular weight excluding hydrogens is 110 g/mol. The number of halogens is 1. The zero-order chi connectivity index (χ0) is 4.28. The van der Waals surface area contributed by atoms with Crippen LogP contribution in [0.3, 0.4) is 0 Å². The summed E-state index contributed by atoms with van der Waals surface area (Å²) in [6, 6.07) is 0. The molecule has 34 valence electrons. The van der Waals surface area contributed by atoms with Crippen molar-refractivity contribution in [1.29, 1.82) is 0 Å². The Morgan fingerprint density at radius 1 is 2.00 bits per heavy atom. The first-order valence-electron chi connectivity index (χ1n) is 1.51. The van der Waals surface area contributed by atoms with Crippen LogP contribution in [0, 0.1) is 0 Å². The van der Waals surface area contributed by atoms with Crippen molar-refractivity contribution in [3.05, 3.63) is 0 Å². The molecule has 0 rings (SSSR count). The predicted molar refractivity (Wildman–Crippen MR) is 23.5 cm³/mol. The van der Waals surface area contributed by atoms with E-state index < -0.39 is 0 Å². The molecule has 0 aliphatic rings. The summed E-state index contributed by atoms with van der Waals surface area (Å²) >= 11 is 5.09. The molecule has 0 saturated carbocycles. The minimum Gasteiger partial charge on any atom is -1.00 e. The van der Waals surface area contributed by atoms with Gasteiger partial charge in [0.1, 0.15) is 0 Å². The third-order valence-electron chi connectivity index (χ3n) is 0.223. The second-order valence-electron chi connectivity index (χ2n) is 1.00. The first kappa shape index (κ1) is 10.3. The summed E-state index contributed by atoms with van der Waals surface area (Å²) in [5.74, 6) is 0.333. The standard InChI is InChI=1S/C3H7ClO.Na.H/c1-3(5)2-4;;/h3,5H,2H2,1H3;;/q;+1;-1. The zero-order valence-electron chi connectivity index (χ0n) is 5.11. The number of alkyl halides is 1. The topological polar surface area (TPSA) is 20.2 Å². The Labute approximate surface area is 66.5 Å². The summed E-state index contributed by atoms with van der Waals surface area (Å²) < 4.78 is 0. The smallest absolute Gasteiger partial charge is 1.00 e. The maximum absolute atomic E-state index is 8.23. The van der Waals surface area contributed by atoms with Crippen molar-refractivity contribution in [2.45, 2.75) is 13.0 Å². The Hall–Kier alpha value is 1.25. The van der Waals surface area contributed by atoms with Crippen molar-refractivity contribution < 1.29 is 36.1 Å². The largest absolute Gasteiger partial charge is 1.00 e. The van der Waals surface area contributed by atoms with Crippen LogP contribution in [0.25, 0.3) is 0 Å². The van der Waals surface area contributed by atoms with Crippen LogP contribution in [0.2, 0.25) is 0 Å². The first-order valence-corrected chi connectivity index (χ1v) is 2.05. The molecule has 0 bridgehead atoms. The maximum Gasteiger partial charge on any atom is 1.00 e. The molecule has 0 heterocycles. The Morgan fingerprint density at radius 3 is 2.17 bits per heavy atom. The van der Waals surface area contributed by atoms with Gasteiger partial charge < -0.3 is 6.53 Å². The van der Waals surface area contributed by atoms with Crippen LogP contribution < -0.4 is 29.6 Å². The van der Waals surface area contributed by atoms with Gasteiger partial charge in [-0.1, -0.05) is 0 Å². The number of rotatable bonds is 1. The van der Waals surface area contributed by atoms with E-state index in [-0.39, 0.29) is 37.1 Å². The van der Waals surface area contributed by atoms with Gasteiger partial charge in [0, 0.05) is 5.88 Å². The van der Waals surface area contributed by atoms with E-state index in [4.69, 9.17) is 16.7 Å². The second kappa shape index (κ2) is 6.25. The van der Waals surface area contributed by atoms with Crippen LogP contribution in [-0.4, -0.2) is 17.1 Å². The van der Waals surface area contributed by atoms with Gasteiger partial charge in [-0.05, 0) is 6.92 Å². The average Bonchev–Trinajstić information content (AvgIpc) is 1.38. The third kappa shape index (κ3) is 8.98. The summed E-state index contributed by atoms with van der Waals surface area (Å²) in [5, 5.41) is 8.23. The molecule has 1 unspecified atom stereocenters. The van der Waals surface area contributed by atoms with Crippen LogP contribution >= 0.6 is 11.6 Å². The molecule has 1 N–H and O–H groups in total. The van der Waals surface area contributed by atoms with Crippen molar-refractivity contribution in [3.63, 3.8) is 0 Å². The molecule has 0 aliphatic heterocycles. The van der Waals surface area contributed by atoms with Crippen molar-refractivity contribution >= 4 is 11.6 Å². The van der Waals surface area contributed by atoms with Crippen molar-refractivity contribution in [2.24, 2.45) is 0 Å². The quantitative estimate of drug-likeness (QED) is 0.304. The third-order valence-corrected chi connectivity index (χ3v) is 0.670. The van der Waals surface area contributed by atoms with Crippen molar-refractivity contribution in [2.75, 3.05) is 5.88 Å². The fraction of sp³-hybridized carbons (Fsp3) is 1.00. The van der Waals surface area contributed by atoms with Gasteiger partial charge >= 0.3 is 29.6 Å². The second-order valence-corrected chi connectivity index (χ2v) is 1.31. The van der Waals surface area contributed by atoms with E-state index in [1.54, 1.807) is 6.92 Å². The summed E-state index contributed by atoms with van der Waals surface area (Å²) in [6.07, 6.45) is -0.350. The molecule has 3 heteroatoms. The van der Waals surface area contributed by atoms with Gasteiger partial charge in [-0.15, -0.1) is 11.6 Å². The number of aliphatic hydroxyl groups is 1. The Morgan fingerprint density at radius 2 is 2.17 bits per heavy atom. The molecule has 0 fully saturated rings. The van der Waals surface area contributed by atoms with E-state index in [0.29, 0.717) is 5.88 Å². The predicted octanol–water partition coefficient (Wildman–Crippen LogP) is -2.28. The van der Waals surface area contributed by atoms with Gasteiger partial charge in [0.25, 0.3) is 0 Å². The van der Waals surface area contributed by atoms with Crippen LogP contribution in [0.4, 0.5) is 0 Å². The van der Waals surface area contributed by atoms with Gasteiger partial charge in [0.2, 0.25) is 0 Å². The molecule has 0 spiro atoms. The fourth-order valence-corrected chi connectivity index (χ4v) is 0. The van der Waals surface area contributed by atoms with Gasteiger partial charge in [0.15, 0.2) is 0 Å². The SMILES string of the molecule is CC(O)CCl.[H-].[Na+]. The van der Waals surface area contributed by atoms with Crippen molar-refractivity contribution in [1.82, 2.24) is 0 Å². The summed E-state index contributed by atoms with van der Waals surface area (Å²) in [7, 11) is 0. The molecule has 0 aromatic rings. The molecule has 0 aliphatic carbocycles. The van der Waals surface area contributed by atoms with Crippen LogP contribution in [0.5, 0.6) is 0 Å². The van der Waals surface area contributed by atoms with E-state index in [1.807, 2.05) is 0 Å². The molecule has 0 amide bonds. The summed E-state index contributed by atoms with van der Waals surface area (Å²) in [5.41, 5.74) is 0. The van der Waals surface area contributed by atoms with Gasteiger partial charge in [-0.25, -0.2) is 0 Å². The van der Waals surface area contributed by atoms with E-state index in [2.05, 4.69) is 0 Å². The molecular formula is C3H8ClNaO. The van der Waals surface area contributed by atoms with E-state index in [9.17, 15) is 0 Å².